The summed E-state index contributed by atoms with van der Waals surface area (Å²) in [5.74, 6) is 0.265. The van der Waals surface area contributed by atoms with Crippen molar-refractivity contribution in [1.82, 2.24) is 10.2 Å². The minimum absolute atomic E-state index is 0.0341. The van der Waals surface area contributed by atoms with Gasteiger partial charge in [0, 0.05) is 25.7 Å². The van der Waals surface area contributed by atoms with Gasteiger partial charge in [-0.3, -0.25) is 0 Å². The van der Waals surface area contributed by atoms with E-state index in [0.29, 0.717) is 6.54 Å². The van der Waals surface area contributed by atoms with Gasteiger partial charge in [0.2, 0.25) is 0 Å². The minimum Gasteiger partial charge on any atom is -0.396 e. The van der Waals surface area contributed by atoms with Gasteiger partial charge in [0.05, 0.1) is 0 Å². The smallest absolute Gasteiger partial charge is 0.317 e. The lowest BCUT2D eigenvalue weighted by Gasteiger charge is -2.32. The molecule has 0 saturated carbocycles. The first-order valence-corrected chi connectivity index (χ1v) is 6.11. The monoisotopic (exact) mass is 224 g/mol. The molecule has 90 valence electrons. The van der Waals surface area contributed by atoms with Crippen molar-refractivity contribution in [1.29, 1.82) is 0 Å². The summed E-state index contributed by atoms with van der Waals surface area (Å²) in [6.45, 7) is 1.71. The van der Waals surface area contributed by atoms with Gasteiger partial charge < -0.3 is 15.3 Å². The Morgan fingerprint density at radius 2 is 2.19 bits per heavy atom. The molecule has 1 aliphatic heterocycles. The van der Waals surface area contributed by atoms with Gasteiger partial charge in [0.1, 0.15) is 0 Å². The molecule has 2 N–H and O–H groups in total. The number of aliphatic hydroxyl groups is 1. The van der Waals surface area contributed by atoms with Gasteiger partial charge in [-0.15, -0.1) is 0 Å². The van der Waals surface area contributed by atoms with Crippen LogP contribution < -0.4 is 5.32 Å². The van der Waals surface area contributed by atoms with Crippen molar-refractivity contribution < 1.29 is 9.90 Å². The van der Waals surface area contributed by atoms with Crippen molar-refractivity contribution in [2.24, 2.45) is 5.92 Å². The molecule has 1 saturated heterocycles. The fourth-order valence-electron chi connectivity index (χ4n) is 2.40. The highest BCUT2D eigenvalue weighted by Gasteiger charge is 2.24. The number of rotatable bonds is 2. The van der Waals surface area contributed by atoms with Gasteiger partial charge in [-0.2, -0.15) is 0 Å². The number of amides is 2. The molecule has 0 aromatic heterocycles. The Hall–Kier alpha value is -1.03. The zero-order valence-electron chi connectivity index (χ0n) is 9.56. The number of hydrogen-bond acceptors (Lipinski definition) is 2. The van der Waals surface area contributed by atoms with Crippen LogP contribution in [-0.4, -0.2) is 41.8 Å². The van der Waals surface area contributed by atoms with Gasteiger partial charge in [0.15, 0.2) is 0 Å². The molecule has 0 aromatic rings. The number of likely N-dealkylation sites (tertiary alicyclic amines) is 1. The largest absolute Gasteiger partial charge is 0.396 e. The second-order valence-electron chi connectivity index (χ2n) is 4.73. The number of carbonyl (C=O) groups excluding carboxylic acids is 1. The predicted octanol–water partition coefficient (Wildman–Crippen LogP) is 1.12. The first-order valence-electron chi connectivity index (χ1n) is 6.11. The molecule has 2 aliphatic rings. The number of urea groups is 1. The van der Waals surface area contributed by atoms with Gasteiger partial charge >= 0.3 is 6.03 Å². The predicted molar refractivity (Wildman–Crippen MR) is 62.1 cm³/mol. The summed E-state index contributed by atoms with van der Waals surface area (Å²) in [4.78, 5) is 13.8. The second kappa shape index (κ2) is 5.34. The number of carbonyl (C=O) groups is 1. The fourth-order valence-corrected chi connectivity index (χ4v) is 2.40. The molecule has 16 heavy (non-hydrogen) atoms. The highest BCUT2D eigenvalue weighted by molar-refractivity contribution is 5.74. The Kier molecular flexibility index (Phi) is 3.83. The van der Waals surface area contributed by atoms with Crippen LogP contribution in [0.5, 0.6) is 0 Å². The van der Waals surface area contributed by atoms with E-state index in [9.17, 15) is 4.79 Å². The van der Waals surface area contributed by atoms with Crippen molar-refractivity contribution >= 4 is 6.03 Å². The maximum atomic E-state index is 11.9. The van der Waals surface area contributed by atoms with Crippen LogP contribution in [0.15, 0.2) is 12.2 Å². The lowest BCUT2D eigenvalue weighted by atomic mass is 9.99. The van der Waals surface area contributed by atoms with E-state index in [1.165, 1.54) is 0 Å². The van der Waals surface area contributed by atoms with E-state index in [2.05, 4.69) is 17.5 Å². The quantitative estimate of drug-likeness (QED) is 0.691. The molecule has 0 spiro atoms. The molecule has 0 radical (unpaired) electrons. The number of aliphatic hydroxyl groups excluding tert-OH is 1. The molecule has 2 rings (SSSR count). The van der Waals surface area contributed by atoms with E-state index in [0.717, 1.165) is 32.2 Å². The highest BCUT2D eigenvalue weighted by atomic mass is 16.3. The van der Waals surface area contributed by atoms with Crippen LogP contribution in [0.4, 0.5) is 4.79 Å². The number of nitrogens with one attached hydrogen (secondary N) is 1. The van der Waals surface area contributed by atoms with E-state index in [1.807, 2.05) is 4.90 Å². The molecule has 1 fully saturated rings. The van der Waals surface area contributed by atoms with Crippen molar-refractivity contribution in [2.45, 2.75) is 31.7 Å². The molecule has 0 bridgehead atoms. The lowest BCUT2D eigenvalue weighted by molar-refractivity contribution is 0.128. The average molecular weight is 224 g/mol. The summed E-state index contributed by atoms with van der Waals surface area (Å²) in [5, 5.41) is 12.1. The van der Waals surface area contributed by atoms with E-state index >= 15 is 0 Å². The summed E-state index contributed by atoms with van der Waals surface area (Å²) in [7, 11) is 0. The average Bonchev–Trinajstić information content (AvgIpc) is 2.82. The van der Waals surface area contributed by atoms with Crippen molar-refractivity contribution in [2.75, 3.05) is 19.7 Å². The molecule has 1 aliphatic carbocycles. The van der Waals surface area contributed by atoms with E-state index < -0.39 is 0 Å². The zero-order valence-corrected chi connectivity index (χ0v) is 9.56. The van der Waals surface area contributed by atoms with E-state index in [-0.39, 0.29) is 24.6 Å². The van der Waals surface area contributed by atoms with Crippen LogP contribution in [0.3, 0.4) is 0 Å². The third-order valence-corrected chi connectivity index (χ3v) is 3.40. The molecule has 4 nitrogen and oxygen atoms in total. The molecular formula is C12H20N2O2. The summed E-state index contributed by atoms with van der Waals surface area (Å²) in [5.41, 5.74) is 0. The van der Waals surface area contributed by atoms with E-state index in [1.54, 1.807) is 0 Å². The van der Waals surface area contributed by atoms with Crippen LogP contribution in [0.25, 0.3) is 0 Å². The number of hydrogen-bond donors (Lipinski definition) is 2. The first kappa shape index (κ1) is 11.5. The first-order chi connectivity index (χ1) is 7.79. The third kappa shape index (κ3) is 2.76. The van der Waals surface area contributed by atoms with Gasteiger partial charge in [-0.1, -0.05) is 12.2 Å². The highest BCUT2D eigenvalue weighted by Crippen LogP contribution is 2.16. The fraction of sp³-hybridized carbons (Fsp3) is 0.750. The summed E-state index contributed by atoms with van der Waals surface area (Å²) < 4.78 is 0. The Bertz CT molecular complexity index is 270. The zero-order chi connectivity index (χ0) is 11.4. The lowest BCUT2D eigenvalue weighted by Crippen LogP contribution is -2.48. The molecule has 0 aromatic carbocycles. The van der Waals surface area contributed by atoms with E-state index in [4.69, 9.17) is 5.11 Å². The molecule has 1 unspecified atom stereocenters. The van der Waals surface area contributed by atoms with Crippen LogP contribution in [0.1, 0.15) is 25.7 Å². The SMILES string of the molecule is O=C(NC1CC=CC1)N1CCCC(CO)C1. The Morgan fingerprint density at radius 1 is 1.44 bits per heavy atom. The van der Waals surface area contributed by atoms with Crippen molar-refractivity contribution in [3.63, 3.8) is 0 Å². The molecule has 1 heterocycles. The number of piperidine rings is 1. The van der Waals surface area contributed by atoms with Crippen LogP contribution in [0.2, 0.25) is 0 Å². The summed E-state index contributed by atoms with van der Waals surface area (Å²) >= 11 is 0. The minimum atomic E-state index is 0.0341. The standard InChI is InChI=1S/C12H20N2O2/c15-9-10-4-3-7-14(8-10)12(16)13-11-5-1-2-6-11/h1-2,10-11,15H,3-9H2,(H,13,16). The third-order valence-electron chi connectivity index (χ3n) is 3.40. The second-order valence-corrected chi connectivity index (χ2v) is 4.73. The van der Waals surface area contributed by atoms with Crippen molar-refractivity contribution in [3.05, 3.63) is 12.2 Å². The van der Waals surface area contributed by atoms with Crippen LogP contribution in [-0.2, 0) is 0 Å². The Morgan fingerprint density at radius 3 is 2.88 bits per heavy atom. The van der Waals surface area contributed by atoms with Gasteiger partial charge in [0.25, 0.3) is 0 Å². The molecule has 4 heteroatoms. The summed E-state index contributed by atoms with van der Waals surface area (Å²) in [6.07, 6.45) is 8.15. The molecular weight excluding hydrogens is 204 g/mol. The van der Waals surface area contributed by atoms with Crippen LogP contribution >= 0.6 is 0 Å². The Labute approximate surface area is 96.3 Å². The normalized spacial score (nSPS) is 26.1. The van der Waals surface area contributed by atoms with Crippen LogP contribution in [0, 0.1) is 5.92 Å². The molecule has 2 amide bonds. The number of nitrogens with zero attached hydrogens (tertiary/aromatic N) is 1. The van der Waals surface area contributed by atoms with Gasteiger partial charge in [-0.05, 0) is 31.6 Å². The van der Waals surface area contributed by atoms with Gasteiger partial charge in [-0.25, -0.2) is 4.79 Å². The topological polar surface area (TPSA) is 52.6 Å². The summed E-state index contributed by atoms with van der Waals surface area (Å²) in [6, 6.07) is 0.314. The van der Waals surface area contributed by atoms with Crippen molar-refractivity contribution in [3.8, 4) is 0 Å². The maximum Gasteiger partial charge on any atom is 0.317 e. The Balaban J connectivity index is 1.79. The maximum absolute atomic E-state index is 11.9. The molecule has 1 atom stereocenters.